The molecule has 0 aromatic heterocycles. The summed E-state index contributed by atoms with van der Waals surface area (Å²) < 4.78 is 0. The second-order valence-electron chi connectivity index (χ2n) is 4.73. The lowest BCUT2D eigenvalue weighted by Crippen LogP contribution is -2.08. The first-order chi connectivity index (χ1) is 7.09. The van der Waals surface area contributed by atoms with Gasteiger partial charge in [-0.25, -0.2) is 0 Å². The van der Waals surface area contributed by atoms with Crippen LogP contribution in [0.1, 0.15) is 24.8 Å². The molecule has 1 aromatic rings. The number of nitrogens with zero attached hydrogens (tertiary/aromatic N) is 1. The highest BCUT2D eigenvalue weighted by Crippen LogP contribution is 2.49. The average molecular weight is 205 g/mol. The van der Waals surface area contributed by atoms with E-state index in [4.69, 9.17) is 0 Å². The van der Waals surface area contributed by atoms with Gasteiger partial charge >= 0.3 is 0 Å². The number of aliphatic hydroxyl groups is 1. The van der Waals surface area contributed by atoms with Gasteiger partial charge in [0, 0.05) is 19.8 Å². The maximum Gasteiger partial charge on any atom is 0.0546 e. The second-order valence-corrected chi connectivity index (χ2v) is 4.73. The van der Waals surface area contributed by atoms with Crippen LogP contribution in [-0.2, 0) is 0 Å². The van der Waals surface area contributed by atoms with E-state index in [9.17, 15) is 5.11 Å². The van der Waals surface area contributed by atoms with Crippen molar-refractivity contribution in [2.45, 2.75) is 25.4 Å². The van der Waals surface area contributed by atoms with Gasteiger partial charge in [-0.15, -0.1) is 0 Å². The summed E-state index contributed by atoms with van der Waals surface area (Å²) in [5.74, 6) is 1.07. The molecule has 3 atom stereocenters. The number of rotatable bonds is 3. The van der Waals surface area contributed by atoms with E-state index >= 15 is 0 Å². The molecule has 1 fully saturated rings. The van der Waals surface area contributed by atoms with E-state index < -0.39 is 0 Å². The van der Waals surface area contributed by atoms with Gasteiger partial charge in [-0.2, -0.15) is 0 Å². The number of anilines is 1. The summed E-state index contributed by atoms with van der Waals surface area (Å²) in [7, 11) is 4.09. The highest BCUT2D eigenvalue weighted by molar-refractivity contribution is 5.47. The van der Waals surface area contributed by atoms with Crippen molar-refractivity contribution >= 4 is 5.69 Å². The van der Waals surface area contributed by atoms with Crippen LogP contribution in [0.15, 0.2) is 24.3 Å². The van der Waals surface area contributed by atoms with Gasteiger partial charge < -0.3 is 10.0 Å². The van der Waals surface area contributed by atoms with Crippen LogP contribution in [0.5, 0.6) is 0 Å². The minimum Gasteiger partial charge on any atom is -0.393 e. The van der Waals surface area contributed by atoms with E-state index in [0.717, 1.165) is 6.42 Å². The maximum absolute atomic E-state index is 9.46. The quantitative estimate of drug-likeness (QED) is 0.818. The number of benzene rings is 1. The first kappa shape index (κ1) is 10.5. The average Bonchev–Trinajstić information content (AvgIpc) is 2.97. The minimum absolute atomic E-state index is 0.163. The van der Waals surface area contributed by atoms with Crippen LogP contribution in [0.2, 0.25) is 0 Å². The van der Waals surface area contributed by atoms with Crippen molar-refractivity contribution in [1.82, 2.24) is 0 Å². The molecular weight excluding hydrogens is 186 g/mol. The number of aliphatic hydroxyl groups excluding tert-OH is 1. The van der Waals surface area contributed by atoms with Gasteiger partial charge in [-0.1, -0.05) is 12.1 Å². The fraction of sp³-hybridized carbons (Fsp3) is 0.538. The first-order valence-corrected chi connectivity index (χ1v) is 5.55. The molecule has 0 unspecified atom stereocenters. The predicted molar refractivity (Wildman–Crippen MR) is 63.3 cm³/mol. The van der Waals surface area contributed by atoms with Crippen LogP contribution in [0.25, 0.3) is 0 Å². The second kappa shape index (κ2) is 3.86. The Morgan fingerprint density at radius 3 is 2.27 bits per heavy atom. The first-order valence-electron chi connectivity index (χ1n) is 5.55. The molecule has 1 aromatic carbocycles. The van der Waals surface area contributed by atoms with E-state index in [1.807, 2.05) is 21.0 Å². The summed E-state index contributed by atoms with van der Waals surface area (Å²) in [5, 5.41) is 9.46. The van der Waals surface area contributed by atoms with E-state index in [2.05, 4.69) is 29.2 Å². The minimum atomic E-state index is -0.163. The van der Waals surface area contributed by atoms with E-state index in [-0.39, 0.29) is 6.10 Å². The predicted octanol–water partition coefficient (Wildman–Crippen LogP) is 2.24. The molecule has 0 aliphatic heterocycles. The maximum atomic E-state index is 9.46. The van der Waals surface area contributed by atoms with Gasteiger partial charge in [0.1, 0.15) is 0 Å². The number of hydrogen-bond acceptors (Lipinski definition) is 2. The Bertz CT molecular complexity index is 329. The fourth-order valence-corrected chi connectivity index (χ4v) is 2.15. The Morgan fingerprint density at radius 2 is 1.87 bits per heavy atom. The van der Waals surface area contributed by atoms with Gasteiger partial charge in [0.2, 0.25) is 0 Å². The van der Waals surface area contributed by atoms with Gasteiger partial charge in [0.05, 0.1) is 6.10 Å². The van der Waals surface area contributed by atoms with Crippen LogP contribution in [0, 0.1) is 5.92 Å². The Hall–Kier alpha value is -1.02. The van der Waals surface area contributed by atoms with Gasteiger partial charge in [0.15, 0.2) is 0 Å². The lowest BCUT2D eigenvalue weighted by Gasteiger charge is -2.12. The largest absolute Gasteiger partial charge is 0.393 e. The third-order valence-corrected chi connectivity index (χ3v) is 3.30. The van der Waals surface area contributed by atoms with Crippen molar-refractivity contribution in [2.24, 2.45) is 5.92 Å². The van der Waals surface area contributed by atoms with Crippen molar-refractivity contribution in [3.63, 3.8) is 0 Å². The molecule has 0 radical (unpaired) electrons. The highest BCUT2D eigenvalue weighted by atomic mass is 16.3. The summed E-state index contributed by atoms with van der Waals surface area (Å²) in [5.41, 5.74) is 2.60. The molecule has 0 spiro atoms. The number of hydrogen-bond donors (Lipinski definition) is 1. The molecular formula is C13H19NO. The summed E-state index contributed by atoms with van der Waals surface area (Å²) in [6.07, 6.45) is 0.974. The molecule has 1 N–H and O–H groups in total. The zero-order valence-corrected chi connectivity index (χ0v) is 9.64. The summed E-state index contributed by atoms with van der Waals surface area (Å²) in [4.78, 5) is 2.10. The van der Waals surface area contributed by atoms with Crippen LogP contribution in [-0.4, -0.2) is 25.3 Å². The molecule has 0 amide bonds. The van der Waals surface area contributed by atoms with E-state index in [0.29, 0.717) is 11.8 Å². The Labute approximate surface area is 91.5 Å². The van der Waals surface area contributed by atoms with Crippen LogP contribution in [0.4, 0.5) is 5.69 Å². The molecule has 1 saturated carbocycles. The fourth-order valence-electron chi connectivity index (χ4n) is 2.15. The molecule has 82 valence electrons. The van der Waals surface area contributed by atoms with Crippen molar-refractivity contribution < 1.29 is 5.11 Å². The molecule has 0 saturated heterocycles. The van der Waals surface area contributed by atoms with Crippen molar-refractivity contribution in [2.75, 3.05) is 19.0 Å². The summed E-state index contributed by atoms with van der Waals surface area (Å²) in [6, 6.07) is 8.66. The molecule has 1 aliphatic rings. The lowest BCUT2D eigenvalue weighted by molar-refractivity contribution is 0.169. The van der Waals surface area contributed by atoms with E-state index in [1.165, 1.54) is 11.3 Å². The monoisotopic (exact) mass is 205 g/mol. The van der Waals surface area contributed by atoms with Crippen LogP contribution < -0.4 is 4.90 Å². The molecule has 0 heterocycles. The third-order valence-electron chi connectivity index (χ3n) is 3.30. The Kier molecular flexibility index (Phi) is 2.70. The SMILES string of the molecule is C[C@@H](O)[C@@H]1C[C@@H]1c1ccc(N(C)C)cc1. The Morgan fingerprint density at radius 1 is 1.27 bits per heavy atom. The van der Waals surface area contributed by atoms with Crippen molar-refractivity contribution in [1.29, 1.82) is 0 Å². The van der Waals surface area contributed by atoms with Crippen molar-refractivity contribution in [3.05, 3.63) is 29.8 Å². The molecule has 0 bridgehead atoms. The smallest absolute Gasteiger partial charge is 0.0546 e. The lowest BCUT2D eigenvalue weighted by atomic mass is 10.1. The zero-order chi connectivity index (χ0) is 11.0. The summed E-state index contributed by atoms with van der Waals surface area (Å²) >= 11 is 0. The van der Waals surface area contributed by atoms with Gasteiger partial charge in [-0.05, 0) is 42.9 Å². The Balaban J connectivity index is 2.06. The van der Waals surface area contributed by atoms with E-state index in [1.54, 1.807) is 0 Å². The molecule has 2 nitrogen and oxygen atoms in total. The highest BCUT2D eigenvalue weighted by Gasteiger charge is 2.41. The molecule has 15 heavy (non-hydrogen) atoms. The van der Waals surface area contributed by atoms with Crippen LogP contribution in [0.3, 0.4) is 0 Å². The third kappa shape index (κ3) is 2.15. The molecule has 2 heteroatoms. The summed E-state index contributed by atoms with van der Waals surface area (Å²) in [6.45, 7) is 1.89. The normalized spacial score (nSPS) is 26.1. The van der Waals surface area contributed by atoms with Crippen molar-refractivity contribution in [3.8, 4) is 0 Å². The van der Waals surface area contributed by atoms with Gasteiger partial charge in [-0.3, -0.25) is 0 Å². The standard InChI is InChI=1S/C13H19NO/c1-9(15)12-8-13(12)10-4-6-11(7-5-10)14(2)3/h4-7,9,12-13,15H,8H2,1-3H3/t9-,12+,13-/m1/s1. The molecule has 2 rings (SSSR count). The zero-order valence-electron chi connectivity index (χ0n) is 9.64. The topological polar surface area (TPSA) is 23.5 Å². The van der Waals surface area contributed by atoms with Gasteiger partial charge in [0.25, 0.3) is 0 Å². The van der Waals surface area contributed by atoms with Crippen LogP contribution >= 0.6 is 0 Å². The molecule has 1 aliphatic carbocycles.